The minimum Gasteiger partial charge on any atom is -0.508 e. The highest BCUT2D eigenvalue weighted by Crippen LogP contribution is 2.27. The molecule has 2 heterocycles. The molecular formula is C22H19N3O2S2. The van der Waals surface area contributed by atoms with Crippen molar-refractivity contribution in [3.8, 4) is 22.1 Å². The molecule has 0 saturated carbocycles. The van der Waals surface area contributed by atoms with Crippen molar-refractivity contribution in [2.24, 2.45) is 10.1 Å². The van der Waals surface area contributed by atoms with E-state index in [1.807, 2.05) is 41.9 Å². The molecule has 2 aromatic heterocycles. The molecule has 0 amide bonds. The molecule has 0 saturated heterocycles. The Labute approximate surface area is 176 Å². The van der Waals surface area contributed by atoms with Gasteiger partial charge < -0.3 is 10.2 Å². The lowest BCUT2D eigenvalue weighted by Gasteiger charge is -2.04. The summed E-state index contributed by atoms with van der Waals surface area (Å²) >= 11 is 3.14. The van der Waals surface area contributed by atoms with Crippen molar-refractivity contribution in [2.75, 3.05) is 0 Å². The maximum Gasteiger partial charge on any atom is 0.211 e. The molecular weight excluding hydrogens is 402 g/mol. The number of thiazole rings is 1. The maximum absolute atomic E-state index is 10.1. The van der Waals surface area contributed by atoms with Gasteiger partial charge in [-0.3, -0.25) is 0 Å². The van der Waals surface area contributed by atoms with Crippen LogP contribution in [-0.4, -0.2) is 21.1 Å². The summed E-state index contributed by atoms with van der Waals surface area (Å²) in [6, 6.07) is 14.6. The van der Waals surface area contributed by atoms with Crippen molar-refractivity contribution in [2.45, 2.75) is 13.8 Å². The molecule has 0 bridgehead atoms. The minimum absolute atomic E-state index is 0.00708. The van der Waals surface area contributed by atoms with Crippen LogP contribution >= 0.6 is 22.7 Å². The quantitative estimate of drug-likeness (QED) is 0.432. The molecule has 0 radical (unpaired) electrons. The number of phenolic OH excluding ortho intramolecular Hbond substituents is 2. The summed E-state index contributed by atoms with van der Waals surface area (Å²) in [7, 11) is 0. The van der Waals surface area contributed by atoms with Crippen LogP contribution in [0.3, 0.4) is 0 Å². The van der Waals surface area contributed by atoms with Crippen LogP contribution in [0.1, 0.15) is 16.7 Å². The first-order valence-corrected chi connectivity index (χ1v) is 10.7. The fourth-order valence-electron chi connectivity index (χ4n) is 2.88. The molecule has 4 rings (SSSR count). The second kappa shape index (κ2) is 8.06. The summed E-state index contributed by atoms with van der Waals surface area (Å²) in [5, 5.41) is 28.2. The number of thiophene rings is 1. The molecule has 0 fully saturated rings. The highest BCUT2D eigenvalue weighted by molar-refractivity contribution is 7.14. The molecule has 29 heavy (non-hydrogen) atoms. The van der Waals surface area contributed by atoms with Crippen LogP contribution in [0.15, 0.2) is 69.4 Å². The van der Waals surface area contributed by atoms with E-state index in [0.29, 0.717) is 5.56 Å². The van der Waals surface area contributed by atoms with Gasteiger partial charge in [0.1, 0.15) is 11.5 Å². The zero-order chi connectivity index (χ0) is 20.4. The van der Waals surface area contributed by atoms with E-state index in [2.05, 4.69) is 18.1 Å². The van der Waals surface area contributed by atoms with Crippen LogP contribution in [0, 0.1) is 13.8 Å². The van der Waals surface area contributed by atoms with Gasteiger partial charge in [0.05, 0.1) is 22.5 Å². The van der Waals surface area contributed by atoms with Gasteiger partial charge in [-0.15, -0.1) is 22.7 Å². The smallest absolute Gasteiger partial charge is 0.211 e. The summed E-state index contributed by atoms with van der Waals surface area (Å²) in [5.41, 5.74) is 4.63. The van der Waals surface area contributed by atoms with Crippen LogP contribution in [-0.2, 0) is 0 Å². The van der Waals surface area contributed by atoms with Gasteiger partial charge in [0.25, 0.3) is 0 Å². The van der Waals surface area contributed by atoms with Gasteiger partial charge in [0.2, 0.25) is 4.80 Å². The molecule has 146 valence electrons. The number of aromatic hydroxyl groups is 2. The fraction of sp³-hybridized carbons (Fsp3) is 0.0909. The van der Waals surface area contributed by atoms with Crippen molar-refractivity contribution in [3.05, 3.63) is 80.8 Å². The van der Waals surface area contributed by atoms with E-state index in [-0.39, 0.29) is 11.5 Å². The highest BCUT2D eigenvalue weighted by Gasteiger charge is 2.09. The SMILES string of the molecule is Cc1ccc(N=c2scc(-c3cccs3)n2N=Cc2ccc(O)cc2O)c(C)c1. The summed E-state index contributed by atoms with van der Waals surface area (Å²) in [6.07, 6.45) is 1.57. The number of aromatic nitrogens is 1. The molecule has 0 aliphatic heterocycles. The first kappa shape index (κ1) is 19.2. The largest absolute Gasteiger partial charge is 0.508 e. The van der Waals surface area contributed by atoms with E-state index in [9.17, 15) is 10.2 Å². The zero-order valence-electron chi connectivity index (χ0n) is 15.9. The Kier molecular flexibility index (Phi) is 5.33. The van der Waals surface area contributed by atoms with Crippen LogP contribution in [0.4, 0.5) is 5.69 Å². The summed E-state index contributed by atoms with van der Waals surface area (Å²) in [4.78, 5) is 6.64. The van der Waals surface area contributed by atoms with Crippen LogP contribution in [0.25, 0.3) is 10.6 Å². The van der Waals surface area contributed by atoms with E-state index < -0.39 is 0 Å². The van der Waals surface area contributed by atoms with E-state index >= 15 is 0 Å². The molecule has 2 aromatic carbocycles. The van der Waals surface area contributed by atoms with Gasteiger partial charge in [-0.25, -0.2) is 9.67 Å². The molecule has 2 N–H and O–H groups in total. The third-order valence-electron chi connectivity index (χ3n) is 4.35. The minimum atomic E-state index is -0.0323. The van der Waals surface area contributed by atoms with Gasteiger partial charge >= 0.3 is 0 Å². The second-order valence-corrected chi connectivity index (χ2v) is 8.37. The number of rotatable bonds is 4. The normalized spacial score (nSPS) is 12.1. The zero-order valence-corrected chi connectivity index (χ0v) is 17.5. The average Bonchev–Trinajstić information content (AvgIpc) is 3.33. The Balaban J connectivity index is 1.85. The number of hydrogen-bond donors (Lipinski definition) is 2. The van der Waals surface area contributed by atoms with Crippen LogP contribution in [0.2, 0.25) is 0 Å². The summed E-state index contributed by atoms with van der Waals surface area (Å²) < 4.78 is 1.78. The number of hydrogen-bond acceptors (Lipinski definition) is 6. The van der Waals surface area contributed by atoms with Gasteiger partial charge in [0.15, 0.2) is 0 Å². The van der Waals surface area contributed by atoms with Gasteiger partial charge in [-0.2, -0.15) is 5.10 Å². The fourth-order valence-corrected chi connectivity index (χ4v) is 4.52. The maximum atomic E-state index is 10.1. The van der Waals surface area contributed by atoms with E-state index in [4.69, 9.17) is 4.99 Å². The highest BCUT2D eigenvalue weighted by atomic mass is 32.1. The molecule has 0 atom stereocenters. The Morgan fingerprint density at radius 1 is 1.00 bits per heavy atom. The van der Waals surface area contributed by atoms with E-state index in [1.165, 1.54) is 29.0 Å². The van der Waals surface area contributed by atoms with E-state index in [0.717, 1.165) is 26.6 Å². The Morgan fingerprint density at radius 3 is 2.59 bits per heavy atom. The van der Waals surface area contributed by atoms with Crippen molar-refractivity contribution in [1.82, 2.24) is 4.68 Å². The van der Waals surface area contributed by atoms with Gasteiger partial charge in [0, 0.05) is 17.0 Å². The molecule has 0 spiro atoms. The van der Waals surface area contributed by atoms with Crippen molar-refractivity contribution >= 4 is 34.6 Å². The molecule has 0 unspecified atom stereocenters. The molecule has 0 aliphatic carbocycles. The molecule has 0 aliphatic rings. The summed E-state index contributed by atoms with van der Waals surface area (Å²) in [5.74, 6) is -0.0252. The third-order valence-corrected chi connectivity index (χ3v) is 6.06. The Hall–Kier alpha value is -3.16. The molecule has 4 aromatic rings. The van der Waals surface area contributed by atoms with Crippen molar-refractivity contribution in [1.29, 1.82) is 0 Å². The number of aryl methyl sites for hydroxylation is 2. The van der Waals surface area contributed by atoms with Gasteiger partial charge in [-0.05, 0) is 49.1 Å². The number of benzene rings is 2. The lowest BCUT2D eigenvalue weighted by molar-refractivity contribution is 0.450. The van der Waals surface area contributed by atoms with Crippen LogP contribution < -0.4 is 4.80 Å². The predicted molar refractivity (Wildman–Crippen MR) is 120 cm³/mol. The lowest BCUT2D eigenvalue weighted by atomic mass is 10.1. The van der Waals surface area contributed by atoms with Crippen LogP contribution in [0.5, 0.6) is 11.5 Å². The third kappa shape index (κ3) is 4.16. The standard InChI is InChI=1S/C22H19N3O2S2/c1-14-5-8-18(15(2)10-14)24-22-25(19(13-29-22)21-4-3-9-28-21)23-12-16-6-7-17(26)11-20(16)27/h3-13,26-27H,1-2H3. The van der Waals surface area contributed by atoms with Crippen molar-refractivity contribution in [3.63, 3.8) is 0 Å². The van der Waals surface area contributed by atoms with Gasteiger partial charge in [-0.1, -0.05) is 23.8 Å². The Morgan fingerprint density at radius 2 is 1.86 bits per heavy atom. The average molecular weight is 422 g/mol. The van der Waals surface area contributed by atoms with Crippen molar-refractivity contribution < 1.29 is 10.2 Å². The second-order valence-electron chi connectivity index (χ2n) is 6.58. The van der Waals surface area contributed by atoms with E-state index in [1.54, 1.807) is 28.3 Å². The monoisotopic (exact) mass is 421 g/mol. The topological polar surface area (TPSA) is 70.1 Å². The predicted octanol–water partition coefficient (Wildman–Crippen LogP) is 5.42. The summed E-state index contributed by atoms with van der Waals surface area (Å²) in [6.45, 7) is 4.10. The lowest BCUT2D eigenvalue weighted by Crippen LogP contribution is -2.11. The number of nitrogens with zero attached hydrogens (tertiary/aromatic N) is 3. The Bertz CT molecular complexity index is 1250. The number of phenols is 2. The molecule has 7 heteroatoms. The first-order valence-electron chi connectivity index (χ1n) is 8.94. The first-order chi connectivity index (χ1) is 14.0. The molecule has 5 nitrogen and oxygen atoms in total.